The third kappa shape index (κ3) is 25.2. The molecule has 0 aromatic carbocycles. The first-order valence-electron chi connectivity index (χ1n) is 13.8. The van der Waals surface area contributed by atoms with Crippen molar-refractivity contribution in [2.24, 2.45) is 23.3 Å². The number of primary amides is 1. The van der Waals surface area contributed by atoms with Gasteiger partial charge in [-0.1, -0.05) is 34.6 Å². The van der Waals surface area contributed by atoms with E-state index >= 15 is 0 Å². The summed E-state index contributed by atoms with van der Waals surface area (Å²) < 4.78 is 0. The topological polar surface area (TPSA) is 226 Å². The second-order valence-corrected chi connectivity index (χ2v) is 11.0. The maximum Gasteiger partial charge on any atom is 0.243 e. The normalized spacial score (nSPS) is 11.5. The third-order valence-corrected chi connectivity index (χ3v) is 4.69. The van der Waals surface area contributed by atoms with E-state index in [-0.39, 0.29) is 55.9 Å². The van der Waals surface area contributed by atoms with E-state index in [1.165, 1.54) is 18.9 Å². The monoisotopic (exact) mass is 602 g/mol. The molecule has 2 unspecified atom stereocenters. The lowest BCUT2D eigenvalue weighted by molar-refractivity contribution is -0.139. The average Bonchev–Trinajstić information content (AvgIpc) is 2.87. The number of nitrogens with one attached hydrogen (secondary N) is 4. The molecule has 0 aliphatic heterocycles. The first-order chi connectivity index (χ1) is 19.3. The highest BCUT2D eigenvalue weighted by molar-refractivity contribution is 5.91. The molecular weight excluding hydrogens is 548 g/mol. The van der Waals surface area contributed by atoms with E-state index in [4.69, 9.17) is 11.5 Å². The molecule has 0 bridgehead atoms. The molecule has 0 fully saturated rings. The first-order valence-corrected chi connectivity index (χ1v) is 13.8. The molecule has 15 nitrogen and oxygen atoms in total. The number of carbonyl (C=O) groups is 7. The number of hydrogen-bond acceptors (Lipinski definition) is 8. The Morgan fingerprint density at radius 3 is 1.69 bits per heavy atom. The van der Waals surface area contributed by atoms with Crippen molar-refractivity contribution in [1.29, 1.82) is 0 Å². The second kappa shape index (κ2) is 23.9. The fourth-order valence-corrected chi connectivity index (χ4v) is 2.81. The highest BCUT2D eigenvalue weighted by atomic mass is 16.2. The lowest BCUT2D eigenvalue weighted by Gasteiger charge is -2.28. The number of carbonyl (C=O) groups excluding carboxylic acids is 7. The number of hydrogen-bond donors (Lipinski definition) is 6. The molecule has 0 heterocycles. The van der Waals surface area contributed by atoms with Gasteiger partial charge in [0.2, 0.25) is 41.9 Å². The summed E-state index contributed by atoms with van der Waals surface area (Å²) in [6, 6.07) is -1.41. The molecule has 0 rings (SSSR count). The van der Waals surface area contributed by atoms with Crippen LogP contribution in [-0.4, -0.2) is 110 Å². The van der Waals surface area contributed by atoms with Crippen molar-refractivity contribution in [1.82, 2.24) is 31.1 Å². The van der Waals surface area contributed by atoms with Gasteiger partial charge in [0.25, 0.3) is 0 Å². The Labute approximate surface area is 250 Å². The molecule has 0 aliphatic rings. The molecule has 0 saturated carbocycles. The first kappa shape index (κ1) is 42.7. The Morgan fingerprint density at radius 1 is 0.786 bits per heavy atom. The van der Waals surface area contributed by atoms with Crippen molar-refractivity contribution in [3.05, 3.63) is 0 Å². The summed E-state index contributed by atoms with van der Waals surface area (Å²) in [5.74, 6) is -1.49. The Balaban J connectivity index is -0.000000652. The van der Waals surface area contributed by atoms with E-state index in [0.29, 0.717) is 12.8 Å². The van der Waals surface area contributed by atoms with Crippen molar-refractivity contribution in [2.45, 2.75) is 79.9 Å². The van der Waals surface area contributed by atoms with Gasteiger partial charge in [-0.2, -0.15) is 0 Å². The third-order valence-electron chi connectivity index (χ3n) is 4.69. The standard InChI is InChI=1S/C14H28N4O3.C9H16N4O4.C4H10/c1-9(2)6-11(18(5)13(20)7-15)14(21)16-8-12(19)17-10(3)4;1-6(9(17)11-3-7(10)15)12-8(16)4-13(2)5-14;1-4(2)3/h9-11H,6-8,15H2,1-5H3,(H,16,21)(H,17,19);5-6H,3-4H2,1-2H3,(H2,10,15)(H,11,17)(H,12,16);4H,1-3H3. The molecular formula is C27H54N8O7. The van der Waals surface area contributed by atoms with Crippen LogP contribution >= 0.6 is 0 Å². The summed E-state index contributed by atoms with van der Waals surface area (Å²) in [7, 11) is 2.99. The minimum Gasteiger partial charge on any atom is -0.368 e. The average molecular weight is 603 g/mol. The van der Waals surface area contributed by atoms with Gasteiger partial charge in [-0.3, -0.25) is 33.6 Å². The van der Waals surface area contributed by atoms with Gasteiger partial charge in [0.05, 0.1) is 26.2 Å². The number of nitrogens with two attached hydrogens (primary N) is 2. The molecule has 8 N–H and O–H groups in total. The molecule has 15 heteroatoms. The number of nitrogens with zero attached hydrogens (tertiary/aromatic N) is 2. The van der Waals surface area contributed by atoms with E-state index in [1.54, 1.807) is 7.05 Å². The van der Waals surface area contributed by atoms with Gasteiger partial charge in [0.1, 0.15) is 12.1 Å². The molecule has 2 atom stereocenters. The summed E-state index contributed by atoms with van der Waals surface area (Å²) in [5.41, 5.74) is 10.2. The Morgan fingerprint density at radius 2 is 1.29 bits per heavy atom. The molecule has 244 valence electrons. The van der Waals surface area contributed by atoms with E-state index in [0.717, 1.165) is 10.8 Å². The minimum absolute atomic E-state index is 0.0161. The maximum atomic E-state index is 12.2. The Bertz CT molecular complexity index is 863. The lowest BCUT2D eigenvalue weighted by Crippen LogP contribution is -2.51. The van der Waals surface area contributed by atoms with Crippen LogP contribution in [0.25, 0.3) is 0 Å². The summed E-state index contributed by atoms with van der Waals surface area (Å²) in [4.78, 5) is 81.1. The van der Waals surface area contributed by atoms with Crippen molar-refractivity contribution >= 4 is 41.9 Å². The summed E-state index contributed by atoms with van der Waals surface area (Å²) in [5, 5.41) is 9.86. The van der Waals surface area contributed by atoms with Crippen LogP contribution < -0.4 is 32.7 Å². The van der Waals surface area contributed by atoms with Crippen molar-refractivity contribution in [2.75, 3.05) is 40.3 Å². The number of likely N-dealkylation sites (N-methyl/N-ethyl adjacent to an activating group) is 2. The van der Waals surface area contributed by atoms with E-state index in [1.807, 2.05) is 27.7 Å². The largest absolute Gasteiger partial charge is 0.368 e. The van der Waals surface area contributed by atoms with E-state index < -0.39 is 29.8 Å². The predicted molar refractivity (Wildman–Crippen MR) is 160 cm³/mol. The van der Waals surface area contributed by atoms with Gasteiger partial charge in [-0.15, -0.1) is 0 Å². The van der Waals surface area contributed by atoms with E-state index in [9.17, 15) is 33.6 Å². The van der Waals surface area contributed by atoms with Crippen LogP contribution in [-0.2, 0) is 33.6 Å². The van der Waals surface area contributed by atoms with E-state index in [2.05, 4.69) is 42.0 Å². The predicted octanol–water partition coefficient (Wildman–Crippen LogP) is -1.70. The Hall–Kier alpha value is -3.75. The van der Waals surface area contributed by atoms with Crippen LogP contribution in [0, 0.1) is 11.8 Å². The van der Waals surface area contributed by atoms with Gasteiger partial charge in [0.15, 0.2) is 0 Å². The number of rotatable bonds is 15. The summed E-state index contributed by atoms with van der Waals surface area (Å²) >= 11 is 0. The van der Waals surface area contributed by atoms with Crippen molar-refractivity contribution in [3.63, 3.8) is 0 Å². The fraction of sp³-hybridized carbons (Fsp3) is 0.741. The maximum absolute atomic E-state index is 12.2. The van der Waals surface area contributed by atoms with Crippen molar-refractivity contribution < 1.29 is 33.6 Å². The Kier molecular flexibility index (Phi) is 24.3. The molecule has 42 heavy (non-hydrogen) atoms. The molecule has 7 amide bonds. The van der Waals surface area contributed by atoms with Gasteiger partial charge >= 0.3 is 0 Å². The molecule has 0 radical (unpaired) electrons. The zero-order valence-corrected chi connectivity index (χ0v) is 26.9. The molecule has 0 saturated heterocycles. The lowest BCUT2D eigenvalue weighted by atomic mass is 10.0. The highest BCUT2D eigenvalue weighted by Gasteiger charge is 2.27. The smallest absolute Gasteiger partial charge is 0.243 e. The molecule has 0 spiro atoms. The van der Waals surface area contributed by atoms with Gasteiger partial charge < -0.3 is 42.5 Å². The fourth-order valence-electron chi connectivity index (χ4n) is 2.81. The summed E-state index contributed by atoms with van der Waals surface area (Å²) in [6.45, 7) is 14.9. The van der Waals surface area contributed by atoms with Crippen LogP contribution in [0.5, 0.6) is 0 Å². The second-order valence-electron chi connectivity index (χ2n) is 11.0. The zero-order chi connectivity index (χ0) is 33.6. The summed E-state index contributed by atoms with van der Waals surface area (Å²) in [6.07, 6.45) is 1.01. The highest BCUT2D eigenvalue weighted by Crippen LogP contribution is 2.10. The van der Waals surface area contributed by atoms with Gasteiger partial charge in [-0.05, 0) is 39.0 Å². The molecule has 0 aromatic heterocycles. The zero-order valence-electron chi connectivity index (χ0n) is 26.9. The van der Waals surface area contributed by atoms with Crippen LogP contribution in [0.15, 0.2) is 0 Å². The SMILES string of the molecule is CC(C)C.CC(C)CC(C(=O)NCC(=O)NC(C)C)N(C)C(=O)CN.CC(NC(=O)CN(C)C=O)C(=O)NCC(N)=O. The number of amides is 7. The van der Waals surface area contributed by atoms with Gasteiger partial charge in [-0.25, -0.2) is 0 Å². The van der Waals surface area contributed by atoms with Crippen LogP contribution in [0.2, 0.25) is 0 Å². The molecule has 0 aliphatic carbocycles. The van der Waals surface area contributed by atoms with Crippen LogP contribution in [0.4, 0.5) is 0 Å². The minimum atomic E-state index is -0.804. The van der Waals surface area contributed by atoms with Crippen LogP contribution in [0.1, 0.15) is 61.8 Å². The van der Waals surface area contributed by atoms with Crippen LogP contribution in [0.3, 0.4) is 0 Å². The van der Waals surface area contributed by atoms with Crippen molar-refractivity contribution in [3.8, 4) is 0 Å². The quantitative estimate of drug-likeness (QED) is 0.118. The molecule has 0 aromatic rings. The van der Waals surface area contributed by atoms with Gasteiger partial charge in [0, 0.05) is 20.1 Å².